The maximum atomic E-state index is 11.8. The van der Waals surface area contributed by atoms with Crippen LogP contribution < -0.4 is 0 Å². The van der Waals surface area contributed by atoms with E-state index in [0.717, 1.165) is 0 Å². The summed E-state index contributed by atoms with van der Waals surface area (Å²) in [5.74, 6) is -1.14. The Balaban J connectivity index is 2.57. The third kappa shape index (κ3) is 2.85. The van der Waals surface area contributed by atoms with Gasteiger partial charge in [-0.15, -0.1) is 13.2 Å². The van der Waals surface area contributed by atoms with E-state index < -0.39 is 30.5 Å². The second-order valence-electron chi connectivity index (χ2n) is 3.77. The number of hydrogen-bond acceptors (Lipinski definition) is 3. The Labute approximate surface area is 90.3 Å². The average molecular weight is 242 g/mol. The summed E-state index contributed by atoms with van der Waals surface area (Å²) in [6.07, 6.45) is -5.31. The molecule has 1 N–H and O–H groups in total. The Hall–Kier alpha value is -0.820. The molecule has 7 heteroatoms. The largest absolute Gasteiger partial charge is 0.522 e. The van der Waals surface area contributed by atoms with Crippen molar-refractivity contribution in [2.24, 2.45) is 5.41 Å². The Kier molecular flexibility index (Phi) is 3.80. The topological polar surface area (TPSA) is 55.8 Å². The second kappa shape index (κ2) is 4.58. The van der Waals surface area contributed by atoms with Crippen molar-refractivity contribution in [3.63, 3.8) is 0 Å². The molecule has 1 fully saturated rings. The smallest absolute Gasteiger partial charge is 0.481 e. The third-order valence-electron chi connectivity index (χ3n) is 2.93. The molecule has 2 atom stereocenters. The molecule has 1 aliphatic rings. The van der Waals surface area contributed by atoms with Gasteiger partial charge in [-0.3, -0.25) is 9.53 Å². The number of alkyl halides is 3. The zero-order chi connectivity index (χ0) is 12.4. The first kappa shape index (κ1) is 13.2. The van der Waals surface area contributed by atoms with Crippen LogP contribution in [-0.2, 0) is 14.3 Å². The van der Waals surface area contributed by atoms with Gasteiger partial charge in [0, 0.05) is 6.61 Å². The number of rotatable bonds is 4. The van der Waals surface area contributed by atoms with E-state index in [4.69, 9.17) is 9.84 Å². The van der Waals surface area contributed by atoms with Crippen LogP contribution in [-0.4, -0.2) is 36.8 Å². The number of carboxylic acid groups (broad SMARTS) is 1. The highest BCUT2D eigenvalue weighted by Crippen LogP contribution is 2.39. The highest BCUT2D eigenvalue weighted by atomic mass is 19.4. The van der Waals surface area contributed by atoms with Crippen molar-refractivity contribution in [1.82, 2.24) is 0 Å². The Morgan fingerprint density at radius 3 is 2.62 bits per heavy atom. The molecule has 1 rings (SSSR count). The normalized spacial score (nSPS) is 30.6. The Morgan fingerprint density at radius 1 is 1.62 bits per heavy atom. The molecule has 1 aliphatic heterocycles. The summed E-state index contributed by atoms with van der Waals surface area (Å²) in [4.78, 5) is 11.1. The number of ether oxygens (including phenoxy) is 2. The van der Waals surface area contributed by atoms with Crippen molar-refractivity contribution in [3.8, 4) is 0 Å². The van der Waals surface area contributed by atoms with Crippen LogP contribution >= 0.6 is 0 Å². The van der Waals surface area contributed by atoms with Crippen molar-refractivity contribution < 1.29 is 32.5 Å². The van der Waals surface area contributed by atoms with E-state index in [0.29, 0.717) is 0 Å². The monoisotopic (exact) mass is 242 g/mol. The SMILES string of the molecule is CC1OCCC1(CCOC(F)(F)F)C(=O)O. The zero-order valence-corrected chi connectivity index (χ0v) is 8.71. The van der Waals surface area contributed by atoms with Crippen LogP contribution in [0.4, 0.5) is 13.2 Å². The van der Waals surface area contributed by atoms with E-state index in [9.17, 15) is 18.0 Å². The maximum Gasteiger partial charge on any atom is 0.522 e. The predicted molar refractivity (Wildman–Crippen MR) is 46.7 cm³/mol. The van der Waals surface area contributed by atoms with Gasteiger partial charge < -0.3 is 9.84 Å². The molecule has 2 unspecified atom stereocenters. The first-order chi connectivity index (χ1) is 7.28. The molecule has 16 heavy (non-hydrogen) atoms. The molecule has 4 nitrogen and oxygen atoms in total. The van der Waals surface area contributed by atoms with Gasteiger partial charge in [0.05, 0.1) is 18.1 Å². The number of hydrogen-bond donors (Lipinski definition) is 1. The fourth-order valence-electron chi connectivity index (χ4n) is 1.85. The molecule has 0 saturated carbocycles. The van der Waals surface area contributed by atoms with Gasteiger partial charge in [-0.05, 0) is 19.8 Å². The predicted octanol–water partition coefficient (Wildman–Crippen LogP) is 1.79. The van der Waals surface area contributed by atoms with Crippen LogP contribution in [0.1, 0.15) is 19.8 Å². The lowest BCUT2D eigenvalue weighted by Crippen LogP contribution is -2.39. The summed E-state index contributed by atoms with van der Waals surface area (Å²) >= 11 is 0. The lowest BCUT2D eigenvalue weighted by Gasteiger charge is -2.27. The number of carboxylic acids is 1. The van der Waals surface area contributed by atoms with Gasteiger partial charge in [0.2, 0.25) is 0 Å². The van der Waals surface area contributed by atoms with Crippen molar-refractivity contribution in [1.29, 1.82) is 0 Å². The van der Waals surface area contributed by atoms with Crippen LogP contribution in [0.25, 0.3) is 0 Å². The van der Waals surface area contributed by atoms with E-state index in [1.165, 1.54) is 0 Å². The molecule has 0 aromatic carbocycles. The number of aliphatic carboxylic acids is 1. The van der Waals surface area contributed by atoms with Crippen LogP contribution in [0.2, 0.25) is 0 Å². The molecule has 1 heterocycles. The minimum atomic E-state index is -4.72. The van der Waals surface area contributed by atoms with Gasteiger partial charge in [0.25, 0.3) is 0 Å². The molecular formula is C9H13F3O4. The van der Waals surface area contributed by atoms with E-state index in [1.54, 1.807) is 6.92 Å². The minimum absolute atomic E-state index is 0.205. The minimum Gasteiger partial charge on any atom is -0.481 e. The second-order valence-corrected chi connectivity index (χ2v) is 3.77. The molecule has 0 aromatic heterocycles. The van der Waals surface area contributed by atoms with Crippen LogP contribution in [0.3, 0.4) is 0 Å². The summed E-state index contributed by atoms with van der Waals surface area (Å²) < 4.78 is 43.9. The summed E-state index contributed by atoms with van der Waals surface area (Å²) in [5.41, 5.74) is -1.26. The molecular weight excluding hydrogens is 229 g/mol. The van der Waals surface area contributed by atoms with E-state index >= 15 is 0 Å². The van der Waals surface area contributed by atoms with Crippen LogP contribution in [0.5, 0.6) is 0 Å². The number of halogens is 3. The van der Waals surface area contributed by atoms with Crippen molar-refractivity contribution >= 4 is 5.97 Å². The van der Waals surface area contributed by atoms with Gasteiger partial charge in [-0.25, -0.2) is 0 Å². The summed E-state index contributed by atoms with van der Waals surface area (Å²) in [7, 11) is 0. The Morgan fingerprint density at radius 2 is 2.25 bits per heavy atom. The lowest BCUT2D eigenvalue weighted by atomic mass is 9.79. The molecule has 0 aliphatic carbocycles. The summed E-state index contributed by atoms with van der Waals surface area (Å²) in [5, 5.41) is 9.05. The third-order valence-corrected chi connectivity index (χ3v) is 2.93. The van der Waals surface area contributed by atoms with Crippen molar-refractivity contribution in [2.75, 3.05) is 13.2 Å². The molecule has 94 valence electrons. The fourth-order valence-corrected chi connectivity index (χ4v) is 1.85. The van der Waals surface area contributed by atoms with E-state index in [1.807, 2.05) is 0 Å². The summed E-state index contributed by atoms with van der Waals surface area (Å²) in [6.45, 7) is 1.14. The quantitative estimate of drug-likeness (QED) is 0.816. The van der Waals surface area contributed by atoms with Gasteiger partial charge in [-0.1, -0.05) is 0 Å². The zero-order valence-electron chi connectivity index (χ0n) is 8.71. The van der Waals surface area contributed by atoms with Gasteiger partial charge in [-0.2, -0.15) is 0 Å². The summed E-state index contributed by atoms with van der Waals surface area (Å²) in [6, 6.07) is 0. The lowest BCUT2D eigenvalue weighted by molar-refractivity contribution is -0.326. The highest BCUT2D eigenvalue weighted by Gasteiger charge is 2.48. The molecule has 0 amide bonds. The first-order valence-corrected chi connectivity index (χ1v) is 4.83. The highest BCUT2D eigenvalue weighted by molar-refractivity contribution is 5.75. The van der Waals surface area contributed by atoms with Crippen LogP contribution in [0.15, 0.2) is 0 Å². The first-order valence-electron chi connectivity index (χ1n) is 4.83. The average Bonchev–Trinajstić information content (AvgIpc) is 2.46. The van der Waals surface area contributed by atoms with Crippen LogP contribution in [0, 0.1) is 5.41 Å². The van der Waals surface area contributed by atoms with Gasteiger partial charge in [0.1, 0.15) is 0 Å². The Bertz CT molecular complexity index is 266. The standard InChI is InChI=1S/C9H13F3O4/c1-6-8(7(13)14,2-4-15-6)3-5-16-9(10,11)12/h6H,2-5H2,1H3,(H,13,14). The molecule has 0 bridgehead atoms. The van der Waals surface area contributed by atoms with E-state index in [-0.39, 0.29) is 19.4 Å². The molecule has 1 saturated heterocycles. The molecule has 0 radical (unpaired) electrons. The van der Waals surface area contributed by atoms with Gasteiger partial charge >= 0.3 is 12.3 Å². The van der Waals surface area contributed by atoms with E-state index in [2.05, 4.69) is 4.74 Å². The number of carbonyl (C=O) groups is 1. The maximum absolute atomic E-state index is 11.8. The molecule has 0 spiro atoms. The fraction of sp³-hybridized carbons (Fsp3) is 0.889. The molecule has 0 aromatic rings. The van der Waals surface area contributed by atoms with Crippen molar-refractivity contribution in [2.45, 2.75) is 32.2 Å². The van der Waals surface area contributed by atoms with Gasteiger partial charge in [0.15, 0.2) is 0 Å². The van der Waals surface area contributed by atoms with Crippen molar-refractivity contribution in [3.05, 3.63) is 0 Å².